The first-order valence-electron chi connectivity index (χ1n) is 4.91. The first kappa shape index (κ1) is 11.1. The number of ether oxygens (including phenoxy) is 1. The molecule has 0 aliphatic carbocycles. The van der Waals surface area contributed by atoms with E-state index in [0.717, 1.165) is 16.8 Å². The molecule has 16 heavy (non-hydrogen) atoms. The van der Waals surface area contributed by atoms with Crippen molar-refractivity contribution in [2.75, 3.05) is 0 Å². The first-order chi connectivity index (χ1) is 7.78. The zero-order valence-corrected chi connectivity index (χ0v) is 10.5. The molecule has 0 radical (unpaired) electrons. The summed E-state index contributed by atoms with van der Waals surface area (Å²) in [5, 5.41) is 8.64. The summed E-state index contributed by atoms with van der Waals surface area (Å²) in [6, 6.07) is 7.96. The Balaban J connectivity index is 1.94. The minimum absolute atomic E-state index is 0.446. The normalized spacial score (nSPS) is 10.4. The standard InChI is InChI=1S/C11H12BrN3O/c1-15-7-10(13-14-15)8-16-11-4-2-9(6-12)3-5-11/h2-5,7H,6,8H2,1H3. The van der Waals surface area contributed by atoms with E-state index in [-0.39, 0.29) is 0 Å². The van der Waals surface area contributed by atoms with Crippen LogP contribution in [0.4, 0.5) is 0 Å². The first-order valence-corrected chi connectivity index (χ1v) is 6.03. The maximum atomic E-state index is 5.57. The molecular formula is C11H12BrN3O. The highest BCUT2D eigenvalue weighted by Gasteiger charge is 1.99. The summed E-state index contributed by atoms with van der Waals surface area (Å²) in [5.74, 6) is 0.843. The summed E-state index contributed by atoms with van der Waals surface area (Å²) in [5.41, 5.74) is 2.05. The van der Waals surface area contributed by atoms with Crippen LogP contribution in [0.5, 0.6) is 5.75 Å². The van der Waals surface area contributed by atoms with E-state index in [1.54, 1.807) is 4.68 Å². The van der Waals surface area contributed by atoms with E-state index in [4.69, 9.17) is 4.74 Å². The van der Waals surface area contributed by atoms with Crippen molar-refractivity contribution in [2.45, 2.75) is 11.9 Å². The number of hydrogen-bond donors (Lipinski definition) is 0. The van der Waals surface area contributed by atoms with Gasteiger partial charge in [-0.2, -0.15) is 0 Å². The molecule has 0 aliphatic heterocycles. The van der Waals surface area contributed by atoms with Gasteiger partial charge in [0.25, 0.3) is 0 Å². The third kappa shape index (κ3) is 2.82. The van der Waals surface area contributed by atoms with E-state index in [1.807, 2.05) is 37.5 Å². The van der Waals surface area contributed by atoms with Gasteiger partial charge in [0.2, 0.25) is 0 Å². The van der Waals surface area contributed by atoms with Gasteiger partial charge < -0.3 is 4.74 Å². The summed E-state index contributed by atoms with van der Waals surface area (Å²) in [7, 11) is 1.83. The Bertz CT molecular complexity index is 453. The predicted molar refractivity (Wildman–Crippen MR) is 64.4 cm³/mol. The molecule has 0 aliphatic rings. The molecule has 2 rings (SSSR count). The second-order valence-corrected chi connectivity index (χ2v) is 4.01. The van der Waals surface area contributed by atoms with Gasteiger partial charge in [-0.15, -0.1) is 5.10 Å². The van der Waals surface area contributed by atoms with E-state index in [9.17, 15) is 0 Å². The molecule has 84 valence electrons. The van der Waals surface area contributed by atoms with E-state index < -0.39 is 0 Å². The molecule has 5 heteroatoms. The lowest BCUT2D eigenvalue weighted by atomic mass is 10.2. The number of rotatable bonds is 4. The molecule has 0 spiro atoms. The lowest BCUT2D eigenvalue weighted by molar-refractivity contribution is 0.301. The zero-order chi connectivity index (χ0) is 11.4. The van der Waals surface area contributed by atoms with E-state index in [0.29, 0.717) is 6.61 Å². The Hall–Kier alpha value is -1.36. The van der Waals surface area contributed by atoms with Crippen LogP contribution in [-0.2, 0) is 19.0 Å². The Morgan fingerprint density at radius 2 is 2.06 bits per heavy atom. The molecule has 2 aromatic rings. The van der Waals surface area contributed by atoms with Gasteiger partial charge in [0.05, 0.1) is 6.20 Å². The molecule has 0 saturated heterocycles. The van der Waals surface area contributed by atoms with E-state index in [1.165, 1.54) is 5.56 Å². The maximum absolute atomic E-state index is 5.57. The average Bonchev–Trinajstić information content (AvgIpc) is 2.73. The number of nitrogens with zero attached hydrogens (tertiary/aromatic N) is 3. The summed E-state index contributed by atoms with van der Waals surface area (Å²) >= 11 is 3.40. The maximum Gasteiger partial charge on any atom is 0.134 e. The lowest BCUT2D eigenvalue weighted by Crippen LogP contribution is -1.95. The fourth-order valence-corrected chi connectivity index (χ4v) is 1.67. The molecule has 0 bridgehead atoms. The van der Waals surface area contributed by atoms with Crippen molar-refractivity contribution in [3.8, 4) is 5.75 Å². The molecular weight excluding hydrogens is 270 g/mol. The van der Waals surface area contributed by atoms with Crippen molar-refractivity contribution in [1.82, 2.24) is 15.0 Å². The Labute approximate surface area is 102 Å². The van der Waals surface area contributed by atoms with Crippen LogP contribution in [0.25, 0.3) is 0 Å². The van der Waals surface area contributed by atoms with Crippen LogP contribution in [0.15, 0.2) is 30.5 Å². The Morgan fingerprint density at radius 3 is 2.62 bits per heavy atom. The van der Waals surface area contributed by atoms with Gasteiger partial charge in [-0.1, -0.05) is 33.3 Å². The molecule has 1 heterocycles. The highest BCUT2D eigenvalue weighted by Crippen LogP contribution is 2.15. The van der Waals surface area contributed by atoms with Crippen molar-refractivity contribution in [3.63, 3.8) is 0 Å². The van der Waals surface area contributed by atoms with Crippen LogP contribution in [0, 0.1) is 0 Å². The summed E-state index contributed by atoms with van der Waals surface area (Å²) in [4.78, 5) is 0. The topological polar surface area (TPSA) is 39.9 Å². The molecule has 1 aromatic heterocycles. The Kier molecular flexibility index (Phi) is 3.56. The van der Waals surface area contributed by atoms with Crippen LogP contribution >= 0.6 is 15.9 Å². The van der Waals surface area contributed by atoms with Crippen LogP contribution in [0.2, 0.25) is 0 Å². The second kappa shape index (κ2) is 5.12. The third-order valence-electron chi connectivity index (χ3n) is 2.11. The quantitative estimate of drug-likeness (QED) is 0.808. The molecule has 1 aromatic carbocycles. The van der Waals surface area contributed by atoms with Crippen molar-refractivity contribution in [2.24, 2.45) is 7.05 Å². The minimum atomic E-state index is 0.446. The fraction of sp³-hybridized carbons (Fsp3) is 0.273. The number of halogens is 1. The number of benzene rings is 1. The fourth-order valence-electron chi connectivity index (χ4n) is 1.29. The van der Waals surface area contributed by atoms with Crippen molar-refractivity contribution in [1.29, 1.82) is 0 Å². The Morgan fingerprint density at radius 1 is 1.31 bits per heavy atom. The van der Waals surface area contributed by atoms with Gasteiger partial charge in [-0.3, -0.25) is 4.68 Å². The summed E-state index contributed by atoms with van der Waals surface area (Å²) in [6.45, 7) is 0.446. The van der Waals surface area contributed by atoms with Crippen LogP contribution in [0.1, 0.15) is 11.3 Å². The van der Waals surface area contributed by atoms with Gasteiger partial charge in [0.15, 0.2) is 0 Å². The summed E-state index contributed by atoms with van der Waals surface area (Å²) < 4.78 is 7.23. The molecule has 0 unspecified atom stereocenters. The second-order valence-electron chi connectivity index (χ2n) is 3.45. The molecule has 4 nitrogen and oxygen atoms in total. The SMILES string of the molecule is Cn1cc(COc2ccc(CBr)cc2)nn1. The van der Waals surface area contributed by atoms with Gasteiger partial charge in [0, 0.05) is 12.4 Å². The van der Waals surface area contributed by atoms with Crippen LogP contribution < -0.4 is 4.74 Å². The highest BCUT2D eigenvalue weighted by atomic mass is 79.9. The van der Waals surface area contributed by atoms with E-state index >= 15 is 0 Å². The van der Waals surface area contributed by atoms with Crippen molar-refractivity contribution in [3.05, 3.63) is 41.7 Å². The number of hydrogen-bond acceptors (Lipinski definition) is 3. The van der Waals surface area contributed by atoms with Gasteiger partial charge in [0.1, 0.15) is 18.1 Å². The molecule has 0 fully saturated rings. The van der Waals surface area contributed by atoms with Gasteiger partial charge >= 0.3 is 0 Å². The smallest absolute Gasteiger partial charge is 0.134 e. The number of aryl methyl sites for hydroxylation is 1. The van der Waals surface area contributed by atoms with Gasteiger partial charge in [-0.25, -0.2) is 0 Å². The largest absolute Gasteiger partial charge is 0.487 e. The van der Waals surface area contributed by atoms with Crippen molar-refractivity contribution < 1.29 is 4.74 Å². The van der Waals surface area contributed by atoms with E-state index in [2.05, 4.69) is 26.2 Å². The van der Waals surface area contributed by atoms with Crippen molar-refractivity contribution >= 4 is 15.9 Å². The molecule has 0 saturated carbocycles. The van der Waals surface area contributed by atoms with Gasteiger partial charge in [-0.05, 0) is 17.7 Å². The lowest BCUT2D eigenvalue weighted by Gasteiger charge is -2.04. The molecule has 0 N–H and O–H groups in total. The number of alkyl halides is 1. The minimum Gasteiger partial charge on any atom is -0.487 e. The van der Waals surface area contributed by atoms with Crippen LogP contribution in [-0.4, -0.2) is 15.0 Å². The molecule has 0 amide bonds. The predicted octanol–water partition coefficient (Wildman–Crippen LogP) is 2.29. The highest BCUT2D eigenvalue weighted by molar-refractivity contribution is 9.08. The molecule has 0 atom stereocenters. The average molecular weight is 282 g/mol. The monoisotopic (exact) mass is 281 g/mol. The number of aromatic nitrogens is 3. The third-order valence-corrected chi connectivity index (χ3v) is 2.76. The zero-order valence-electron chi connectivity index (χ0n) is 8.93. The summed E-state index contributed by atoms with van der Waals surface area (Å²) in [6.07, 6.45) is 1.84. The van der Waals surface area contributed by atoms with Crippen LogP contribution in [0.3, 0.4) is 0 Å².